The molecule has 2 N–H and O–H groups in total. The van der Waals surface area contributed by atoms with E-state index in [-0.39, 0.29) is 23.3 Å². The lowest BCUT2D eigenvalue weighted by Gasteiger charge is -2.37. The summed E-state index contributed by atoms with van der Waals surface area (Å²) >= 11 is 0. The number of nitrogens with zero attached hydrogens (tertiary/aromatic N) is 4. The van der Waals surface area contributed by atoms with E-state index in [9.17, 15) is 9.90 Å². The molecule has 1 saturated heterocycles. The number of nitrogens with one attached hydrogen (secondary N) is 1. The van der Waals surface area contributed by atoms with Crippen LogP contribution in [0.5, 0.6) is 0 Å². The largest absolute Gasteiger partial charge is 0.393 e. The third-order valence-electron chi connectivity index (χ3n) is 9.74. The van der Waals surface area contributed by atoms with Gasteiger partial charge in [-0.3, -0.25) is 9.69 Å². The van der Waals surface area contributed by atoms with E-state index in [0.717, 1.165) is 82.3 Å². The molecule has 0 unspecified atom stereocenters. The second kappa shape index (κ2) is 12.2. The Kier molecular flexibility index (Phi) is 8.93. The van der Waals surface area contributed by atoms with Crippen molar-refractivity contribution in [2.24, 2.45) is 11.8 Å². The quantitative estimate of drug-likeness (QED) is 0.533. The van der Waals surface area contributed by atoms with Crippen LogP contribution in [0.25, 0.3) is 0 Å². The number of aromatic nitrogens is 2. The number of rotatable bonds is 7. The average Bonchev–Trinajstić information content (AvgIpc) is 2.87. The summed E-state index contributed by atoms with van der Waals surface area (Å²) in [5.74, 6) is 3.88. The van der Waals surface area contributed by atoms with Gasteiger partial charge in [-0.05, 0) is 83.1 Å². The van der Waals surface area contributed by atoms with Crippen LogP contribution in [0, 0.1) is 11.8 Å². The second-order valence-corrected chi connectivity index (χ2v) is 13.7. The van der Waals surface area contributed by atoms with Crippen LogP contribution in [0.2, 0.25) is 0 Å². The maximum absolute atomic E-state index is 12.6. The third kappa shape index (κ3) is 7.07. The summed E-state index contributed by atoms with van der Waals surface area (Å²) in [7, 11) is 0. The Hall–Kier alpha value is -1.73. The molecule has 7 nitrogen and oxygen atoms in total. The van der Waals surface area contributed by atoms with E-state index in [1.807, 2.05) is 0 Å². The van der Waals surface area contributed by atoms with Crippen molar-refractivity contribution in [2.75, 3.05) is 37.6 Å². The highest BCUT2D eigenvalue weighted by molar-refractivity contribution is 5.79. The van der Waals surface area contributed by atoms with Crippen molar-refractivity contribution >= 4 is 11.7 Å². The molecule has 38 heavy (non-hydrogen) atoms. The van der Waals surface area contributed by atoms with Gasteiger partial charge in [-0.2, -0.15) is 0 Å². The first-order valence-corrected chi connectivity index (χ1v) is 15.6. The molecule has 4 fully saturated rings. The van der Waals surface area contributed by atoms with Gasteiger partial charge in [-0.15, -0.1) is 0 Å². The standard InChI is InChI=1S/C31H51N5O2/c1-31(2,3)30-33-27(23-5-4-6-23)21-28(34-30)36-19-17-35(18-20-36)16-15-22-7-11-25(12-8-22)32-29(38)24-9-13-26(37)14-10-24/h21-26,37H,4-20H2,1-3H3,(H,32,38)/t22-,24-,25-,26-. The maximum Gasteiger partial charge on any atom is 0.223 e. The molecule has 7 heteroatoms. The molecule has 1 aliphatic heterocycles. The summed E-state index contributed by atoms with van der Waals surface area (Å²) in [4.78, 5) is 27.8. The Balaban J connectivity index is 1.04. The van der Waals surface area contributed by atoms with Crippen molar-refractivity contribution in [1.82, 2.24) is 20.2 Å². The van der Waals surface area contributed by atoms with Gasteiger partial charge in [-0.25, -0.2) is 9.97 Å². The van der Waals surface area contributed by atoms with E-state index in [4.69, 9.17) is 9.97 Å². The van der Waals surface area contributed by atoms with Gasteiger partial charge in [0.15, 0.2) is 0 Å². The number of hydrogen-bond donors (Lipinski definition) is 2. The van der Waals surface area contributed by atoms with E-state index in [1.165, 1.54) is 50.8 Å². The van der Waals surface area contributed by atoms with Crippen LogP contribution in [-0.2, 0) is 10.2 Å². The Labute approximate surface area is 230 Å². The van der Waals surface area contributed by atoms with Gasteiger partial charge >= 0.3 is 0 Å². The summed E-state index contributed by atoms with van der Waals surface area (Å²) in [6, 6.07) is 2.63. The van der Waals surface area contributed by atoms with E-state index in [1.54, 1.807) is 0 Å². The van der Waals surface area contributed by atoms with Crippen LogP contribution in [0.15, 0.2) is 6.07 Å². The van der Waals surface area contributed by atoms with Gasteiger partial charge in [0.05, 0.1) is 6.10 Å². The van der Waals surface area contributed by atoms with E-state index < -0.39 is 0 Å². The Morgan fingerprint density at radius 3 is 2.24 bits per heavy atom. The SMILES string of the molecule is CC(C)(C)c1nc(C2CCC2)cc(N2CCN(CC[C@H]3CC[C@H](NC(=O)[C@H]4CC[C@H](O)CC4)CC3)CC2)n1. The number of aliphatic hydroxyl groups excluding tert-OH is 1. The smallest absolute Gasteiger partial charge is 0.223 e. The van der Waals surface area contributed by atoms with Crippen molar-refractivity contribution < 1.29 is 9.90 Å². The molecule has 2 heterocycles. The summed E-state index contributed by atoms with van der Waals surface area (Å²) in [6.07, 6.45) is 12.9. The minimum atomic E-state index is -0.198. The topological polar surface area (TPSA) is 81.6 Å². The van der Waals surface area contributed by atoms with Gasteiger partial charge in [0, 0.05) is 61.2 Å². The summed E-state index contributed by atoms with van der Waals surface area (Å²) < 4.78 is 0. The monoisotopic (exact) mass is 525 g/mol. The minimum absolute atomic E-state index is 0.0302. The summed E-state index contributed by atoms with van der Waals surface area (Å²) in [6.45, 7) is 12.1. The van der Waals surface area contributed by atoms with Crippen molar-refractivity contribution in [2.45, 2.75) is 121 Å². The minimum Gasteiger partial charge on any atom is -0.393 e. The second-order valence-electron chi connectivity index (χ2n) is 13.7. The van der Waals surface area contributed by atoms with Crippen LogP contribution in [0.1, 0.15) is 115 Å². The first kappa shape index (κ1) is 27.8. The molecule has 0 aromatic carbocycles. The molecule has 0 spiro atoms. The molecule has 3 aliphatic carbocycles. The van der Waals surface area contributed by atoms with Gasteiger partial charge in [-0.1, -0.05) is 27.2 Å². The van der Waals surface area contributed by atoms with E-state index >= 15 is 0 Å². The first-order chi connectivity index (χ1) is 18.2. The maximum atomic E-state index is 12.6. The highest BCUT2D eigenvalue weighted by atomic mass is 16.3. The number of aliphatic hydroxyl groups is 1. The highest BCUT2D eigenvalue weighted by Gasteiger charge is 2.30. The molecular formula is C31H51N5O2. The average molecular weight is 526 g/mol. The Morgan fingerprint density at radius 2 is 1.63 bits per heavy atom. The number of carbonyl (C=O) groups is 1. The van der Waals surface area contributed by atoms with Crippen LogP contribution in [0.3, 0.4) is 0 Å². The van der Waals surface area contributed by atoms with Crippen LogP contribution in [0.4, 0.5) is 5.82 Å². The number of piperazine rings is 1. The number of hydrogen-bond acceptors (Lipinski definition) is 6. The molecule has 0 radical (unpaired) electrons. The third-order valence-corrected chi connectivity index (χ3v) is 9.74. The van der Waals surface area contributed by atoms with Crippen molar-refractivity contribution in [3.05, 3.63) is 17.6 Å². The molecule has 0 bridgehead atoms. The number of amides is 1. The van der Waals surface area contributed by atoms with Crippen LogP contribution >= 0.6 is 0 Å². The zero-order valence-electron chi connectivity index (χ0n) is 24.1. The molecule has 1 amide bonds. The Morgan fingerprint density at radius 1 is 0.947 bits per heavy atom. The molecule has 5 rings (SSSR count). The Bertz CT molecular complexity index is 919. The highest BCUT2D eigenvalue weighted by Crippen LogP contribution is 2.37. The predicted octanol–water partition coefficient (Wildman–Crippen LogP) is 4.78. The lowest BCUT2D eigenvalue weighted by atomic mass is 9.82. The molecular weight excluding hydrogens is 474 g/mol. The summed E-state index contributed by atoms with van der Waals surface area (Å²) in [5.41, 5.74) is 1.23. The molecule has 4 aliphatic rings. The molecule has 0 atom stereocenters. The van der Waals surface area contributed by atoms with E-state index in [2.05, 4.69) is 42.0 Å². The zero-order valence-corrected chi connectivity index (χ0v) is 24.1. The predicted molar refractivity (Wildman–Crippen MR) is 152 cm³/mol. The zero-order chi connectivity index (χ0) is 26.7. The first-order valence-electron chi connectivity index (χ1n) is 15.6. The van der Waals surface area contributed by atoms with E-state index in [0.29, 0.717) is 12.0 Å². The fourth-order valence-corrected chi connectivity index (χ4v) is 6.68. The van der Waals surface area contributed by atoms with Crippen molar-refractivity contribution in [3.63, 3.8) is 0 Å². The van der Waals surface area contributed by atoms with Crippen LogP contribution in [-0.4, -0.2) is 70.8 Å². The number of carbonyl (C=O) groups excluding carboxylic acids is 1. The van der Waals surface area contributed by atoms with Gasteiger partial charge in [0.25, 0.3) is 0 Å². The number of anilines is 1. The van der Waals surface area contributed by atoms with Crippen molar-refractivity contribution in [3.8, 4) is 0 Å². The normalized spacial score (nSPS) is 29.6. The molecule has 1 aromatic rings. The summed E-state index contributed by atoms with van der Waals surface area (Å²) in [5, 5.41) is 13.0. The fraction of sp³-hybridized carbons (Fsp3) is 0.839. The molecule has 3 saturated carbocycles. The van der Waals surface area contributed by atoms with Gasteiger partial charge in [0.1, 0.15) is 11.6 Å². The lowest BCUT2D eigenvalue weighted by molar-refractivity contribution is -0.127. The van der Waals surface area contributed by atoms with Gasteiger partial charge in [0.2, 0.25) is 5.91 Å². The van der Waals surface area contributed by atoms with Crippen molar-refractivity contribution in [1.29, 1.82) is 0 Å². The molecule has 1 aromatic heterocycles. The van der Waals surface area contributed by atoms with Crippen LogP contribution < -0.4 is 10.2 Å². The van der Waals surface area contributed by atoms with Gasteiger partial charge < -0.3 is 15.3 Å². The lowest BCUT2D eigenvalue weighted by Crippen LogP contribution is -2.47. The molecule has 212 valence electrons. The fourth-order valence-electron chi connectivity index (χ4n) is 6.68.